The van der Waals surface area contributed by atoms with Gasteiger partial charge in [0.25, 0.3) is 11.8 Å². The van der Waals surface area contributed by atoms with Crippen LogP contribution in [0.1, 0.15) is 40.1 Å². The molecule has 0 aliphatic rings. The van der Waals surface area contributed by atoms with Gasteiger partial charge in [-0.2, -0.15) is 0 Å². The number of benzene rings is 2. The van der Waals surface area contributed by atoms with Crippen molar-refractivity contribution < 1.29 is 23.5 Å². The van der Waals surface area contributed by atoms with Gasteiger partial charge >= 0.3 is 5.97 Å². The van der Waals surface area contributed by atoms with Crippen LogP contribution in [0.3, 0.4) is 0 Å². The van der Waals surface area contributed by atoms with E-state index < -0.39 is 17.7 Å². The lowest BCUT2D eigenvalue weighted by atomic mass is 10.1. The number of hydrogen-bond donors (Lipinski definition) is 1. The minimum atomic E-state index is -0.631. The Bertz CT molecular complexity index is 896. The van der Waals surface area contributed by atoms with Crippen molar-refractivity contribution >= 4 is 23.5 Å². The molecule has 0 fully saturated rings. The molecule has 2 amide bonds. The SMILES string of the molecule is COC(=O)CN(C(=O)c1ccc(C)c(NC(=O)c2ccccc2F)c1)C(C)C. The summed E-state index contributed by atoms with van der Waals surface area (Å²) in [4.78, 5) is 38.2. The first kappa shape index (κ1) is 21.1. The molecule has 0 bridgehead atoms. The second kappa shape index (κ2) is 9.12. The fourth-order valence-corrected chi connectivity index (χ4v) is 2.58. The summed E-state index contributed by atoms with van der Waals surface area (Å²) in [6.45, 7) is 5.16. The van der Waals surface area contributed by atoms with Crippen LogP contribution in [0.15, 0.2) is 42.5 Å². The first-order chi connectivity index (χ1) is 13.2. The molecule has 1 N–H and O–H groups in total. The number of rotatable bonds is 6. The average Bonchev–Trinajstić information content (AvgIpc) is 2.67. The molecule has 2 aromatic rings. The van der Waals surface area contributed by atoms with Crippen LogP contribution in [0.25, 0.3) is 0 Å². The number of hydrogen-bond acceptors (Lipinski definition) is 4. The van der Waals surface area contributed by atoms with Crippen molar-refractivity contribution in [2.45, 2.75) is 26.8 Å². The number of carbonyl (C=O) groups excluding carboxylic acids is 3. The van der Waals surface area contributed by atoms with E-state index in [1.165, 1.54) is 36.3 Å². The summed E-state index contributed by atoms with van der Waals surface area (Å²) in [7, 11) is 1.26. The van der Waals surface area contributed by atoms with Crippen LogP contribution in [-0.2, 0) is 9.53 Å². The molecule has 0 spiro atoms. The van der Waals surface area contributed by atoms with Gasteiger partial charge in [0.1, 0.15) is 12.4 Å². The molecule has 7 heteroatoms. The molecule has 28 heavy (non-hydrogen) atoms. The molecule has 148 valence electrons. The summed E-state index contributed by atoms with van der Waals surface area (Å²) in [5, 5.41) is 2.64. The van der Waals surface area contributed by atoms with Gasteiger partial charge in [0.2, 0.25) is 0 Å². The number of amides is 2. The third-order valence-corrected chi connectivity index (χ3v) is 4.26. The zero-order chi connectivity index (χ0) is 20.8. The first-order valence-corrected chi connectivity index (χ1v) is 8.79. The third-order valence-electron chi connectivity index (χ3n) is 4.26. The van der Waals surface area contributed by atoms with Crippen LogP contribution in [-0.4, -0.2) is 42.4 Å². The smallest absolute Gasteiger partial charge is 0.325 e. The van der Waals surface area contributed by atoms with Crippen molar-refractivity contribution in [2.24, 2.45) is 0 Å². The Hall–Kier alpha value is -3.22. The van der Waals surface area contributed by atoms with Crippen LogP contribution in [0.2, 0.25) is 0 Å². The Morgan fingerprint density at radius 1 is 1.14 bits per heavy atom. The average molecular weight is 386 g/mol. The number of aryl methyl sites for hydroxylation is 1. The summed E-state index contributed by atoms with van der Waals surface area (Å²) < 4.78 is 18.5. The number of carbonyl (C=O) groups is 3. The number of anilines is 1. The van der Waals surface area contributed by atoms with E-state index in [1.807, 2.05) is 0 Å². The van der Waals surface area contributed by atoms with E-state index in [4.69, 9.17) is 0 Å². The van der Waals surface area contributed by atoms with Crippen molar-refractivity contribution in [3.8, 4) is 0 Å². The minimum Gasteiger partial charge on any atom is -0.468 e. The van der Waals surface area contributed by atoms with E-state index in [-0.39, 0.29) is 24.1 Å². The van der Waals surface area contributed by atoms with Crippen molar-refractivity contribution in [1.82, 2.24) is 4.90 Å². The van der Waals surface area contributed by atoms with Crippen LogP contribution in [0.4, 0.5) is 10.1 Å². The Balaban J connectivity index is 2.29. The Morgan fingerprint density at radius 3 is 2.43 bits per heavy atom. The summed E-state index contributed by atoms with van der Waals surface area (Å²) in [6, 6.07) is 10.2. The van der Waals surface area contributed by atoms with E-state index in [0.29, 0.717) is 16.8 Å². The summed E-state index contributed by atoms with van der Waals surface area (Å²) >= 11 is 0. The quantitative estimate of drug-likeness (QED) is 0.772. The molecule has 0 unspecified atom stereocenters. The number of methoxy groups -OCH3 is 1. The monoisotopic (exact) mass is 386 g/mol. The highest BCUT2D eigenvalue weighted by atomic mass is 19.1. The third kappa shape index (κ3) is 4.94. The van der Waals surface area contributed by atoms with Gasteiger partial charge in [-0.3, -0.25) is 14.4 Å². The highest BCUT2D eigenvalue weighted by molar-refractivity contribution is 6.06. The molecule has 2 rings (SSSR count). The number of halogens is 1. The zero-order valence-electron chi connectivity index (χ0n) is 16.3. The molecule has 0 aliphatic carbocycles. The van der Waals surface area contributed by atoms with E-state index in [2.05, 4.69) is 10.1 Å². The lowest BCUT2D eigenvalue weighted by Crippen LogP contribution is -2.41. The Labute approximate surface area is 163 Å². The maximum atomic E-state index is 13.8. The van der Waals surface area contributed by atoms with Gasteiger partial charge in [-0.15, -0.1) is 0 Å². The molecule has 0 atom stereocenters. The zero-order valence-corrected chi connectivity index (χ0v) is 16.3. The molecule has 0 radical (unpaired) electrons. The van der Waals surface area contributed by atoms with E-state index in [1.54, 1.807) is 39.0 Å². The molecule has 0 saturated carbocycles. The van der Waals surface area contributed by atoms with Crippen molar-refractivity contribution in [3.05, 3.63) is 65.0 Å². The fourth-order valence-electron chi connectivity index (χ4n) is 2.58. The number of ether oxygens (including phenoxy) is 1. The molecule has 0 aromatic heterocycles. The number of nitrogens with zero attached hydrogens (tertiary/aromatic N) is 1. The van der Waals surface area contributed by atoms with Crippen molar-refractivity contribution in [2.75, 3.05) is 19.0 Å². The molecule has 0 aliphatic heterocycles. The Kier molecular flexibility index (Phi) is 6.87. The molecule has 0 heterocycles. The van der Waals surface area contributed by atoms with E-state index >= 15 is 0 Å². The van der Waals surface area contributed by atoms with E-state index in [0.717, 1.165) is 0 Å². The van der Waals surface area contributed by atoms with Gasteiger partial charge < -0.3 is 15.0 Å². The van der Waals surface area contributed by atoms with Gasteiger partial charge in [0, 0.05) is 17.3 Å². The fraction of sp³-hybridized carbons (Fsp3) is 0.286. The molecule has 6 nitrogen and oxygen atoms in total. The maximum Gasteiger partial charge on any atom is 0.325 e. The summed E-state index contributed by atoms with van der Waals surface area (Å²) in [5.41, 5.74) is 1.31. The second-order valence-electron chi connectivity index (χ2n) is 6.57. The molecular weight excluding hydrogens is 363 g/mol. The summed E-state index contributed by atoms with van der Waals surface area (Å²) in [6.07, 6.45) is 0. The van der Waals surface area contributed by atoms with Crippen molar-refractivity contribution in [3.63, 3.8) is 0 Å². The largest absolute Gasteiger partial charge is 0.468 e. The highest BCUT2D eigenvalue weighted by Crippen LogP contribution is 2.20. The van der Waals surface area contributed by atoms with Crippen molar-refractivity contribution in [1.29, 1.82) is 0 Å². The second-order valence-corrected chi connectivity index (χ2v) is 6.57. The number of nitrogens with one attached hydrogen (secondary N) is 1. The van der Waals surface area contributed by atoms with E-state index in [9.17, 15) is 18.8 Å². The van der Waals surface area contributed by atoms with Crippen LogP contribution < -0.4 is 5.32 Å². The van der Waals surface area contributed by atoms with Crippen LogP contribution in [0, 0.1) is 12.7 Å². The standard InChI is InChI=1S/C21H23FN2O4/c1-13(2)24(12-19(25)28-4)21(27)15-10-9-14(3)18(11-15)23-20(26)16-7-5-6-8-17(16)22/h5-11,13H,12H2,1-4H3,(H,23,26). The maximum absolute atomic E-state index is 13.8. The predicted octanol–water partition coefficient (Wildman–Crippen LogP) is 3.41. The Morgan fingerprint density at radius 2 is 1.82 bits per heavy atom. The van der Waals surface area contributed by atoms with Gasteiger partial charge in [0.15, 0.2) is 0 Å². The molecule has 0 saturated heterocycles. The topological polar surface area (TPSA) is 75.7 Å². The van der Waals surface area contributed by atoms with Gasteiger partial charge in [-0.1, -0.05) is 18.2 Å². The van der Waals surface area contributed by atoms with Gasteiger partial charge in [-0.05, 0) is 50.6 Å². The van der Waals surface area contributed by atoms with Gasteiger partial charge in [-0.25, -0.2) is 4.39 Å². The lowest BCUT2D eigenvalue weighted by Gasteiger charge is -2.26. The summed E-state index contributed by atoms with van der Waals surface area (Å²) in [5.74, 6) is -2.14. The normalized spacial score (nSPS) is 10.5. The molecular formula is C21H23FN2O4. The lowest BCUT2D eigenvalue weighted by molar-refractivity contribution is -0.141. The predicted molar refractivity (Wildman–Crippen MR) is 104 cm³/mol. The molecule has 2 aromatic carbocycles. The van der Waals surface area contributed by atoms with Gasteiger partial charge in [0.05, 0.1) is 12.7 Å². The first-order valence-electron chi connectivity index (χ1n) is 8.79. The number of esters is 1. The highest BCUT2D eigenvalue weighted by Gasteiger charge is 2.23. The van der Waals surface area contributed by atoms with Crippen LogP contribution >= 0.6 is 0 Å². The minimum absolute atomic E-state index is 0.0897. The van der Waals surface area contributed by atoms with Crippen LogP contribution in [0.5, 0.6) is 0 Å².